The predicted molar refractivity (Wildman–Crippen MR) is 70.9 cm³/mol. The summed E-state index contributed by atoms with van der Waals surface area (Å²) in [7, 11) is 0. The molecule has 3 rings (SSSR count). The van der Waals surface area contributed by atoms with Crippen molar-refractivity contribution in [3.63, 3.8) is 0 Å². The first kappa shape index (κ1) is 13.4. The summed E-state index contributed by atoms with van der Waals surface area (Å²) in [5, 5.41) is 13.4. The maximum absolute atomic E-state index is 12.0. The van der Waals surface area contributed by atoms with Gasteiger partial charge in [0, 0.05) is 37.3 Å². The summed E-state index contributed by atoms with van der Waals surface area (Å²) < 4.78 is 0. The van der Waals surface area contributed by atoms with Crippen molar-refractivity contribution in [2.24, 2.45) is 5.92 Å². The third kappa shape index (κ3) is 2.52. The van der Waals surface area contributed by atoms with E-state index in [9.17, 15) is 4.79 Å². The van der Waals surface area contributed by atoms with E-state index in [0.29, 0.717) is 11.6 Å². The SMILES string of the molecule is Cl.O=C(NCC1CCC1)c1n[nH]c2c1CNCC2. The number of nitrogens with one attached hydrogen (secondary N) is 3. The minimum absolute atomic E-state index is 0. The molecule has 0 atom stereocenters. The first-order valence-electron chi connectivity index (χ1n) is 6.39. The van der Waals surface area contributed by atoms with E-state index in [1.807, 2.05) is 0 Å². The van der Waals surface area contributed by atoms with Gasteiger partial charge in [-0.05, 0) is 18.8 Å². The molecule has 1 aliphatic heterocycles. The van der Waals surface area contributed by atoms with Crippen molar-refractivity contribution in [1.29, 1.82) is 0 Å². The predicted octanol–water partition coefficient (Wildman–Crippen LogP) is 1.01. The molecule has 0 bridgehead atoms. The number of nitrogens with zero attached hydrogens (tertiary/aromatic N) is 1. The van der Waals surface area contributed by atoms with E-state index in [4.69, 9.17) is 0 Å². The van der Waals surface area contributed by atoms with Gasteiger partial charge < -0.3 is 10.6 Å². The summed E-state index contributed by atoms with van der Waals surface area (Å²) in [5.41, 5.74) is 2.73. The Balaban J connectivity index is 0.00000120. The van der Waals surface area contributed by atoms with Gasteiger partial charge in [0.15, 0.2) is 5.69 Å². The van der Waals surface area contributed by atoms with Crippen molar-refractivity contribution in [2.75, 3.05) is 13.1 Å². The highest BCUT2D eigenvalue weighted by Gasteiger charge is 2.23. The Morgan fingerprint density at radius 2 is 2.28 bits per heavy atom. The molecule has 18 heavy (non-hydrogen) atoms. The van der Waals surface area contributed by atoms with E-state index in [1.165, 1.54) is 19.3 Å². The van der Waals surface area contributed by atoms with Crippen molar-refractivity contribution in [3.05, 3.63) is 17.0 Å². The maximum Gasteiger partial charge on any atom is 0.272 e. The standard InChI is InChI=1S/C12H18N4O.ClH/c17-12(14-6-8-2-1-3-8)11-9-7-13-5-4-10(9)15-16-11;/h8,13H,1-7H2,(H,14,17)(H,15,16);1H. The molecule has 0 unspecified atom stereocenters. The molecule has 1 aromatic rings. The number of hydrogen-bond donors (Lipinski definition) is 3. The lowest BCUT2D eigenvalue weighted by Gasteiger charge is -2.25. The molecule has 0 radical (unpaired) electrons. The number of aromatic amines is 1. The van der Waals surface area contributed by atoms with Crippen LogP contribution in [0.4, 0.5) is 0 Å². The average Bonchev–Trinajstić information content (AvgIpc) is 2.70. The quantitative estimate of drug-likeness (QED) is 0.768. The molecule has 6 heteroatoms. The summed E-state index contributed by atoms with van der Waals surface area (Å²) in [5.74, 6) is 0.657. The summed E-state index contributed by atoms with van der Waals surface area (Å²) >= 11 is 0. The molecule has 2 heterocycles. The van der Waals surface area contributed by atoms with Crippen LogP contribution in [0.15, 0.2) is 0 Å². The highest BCUT2D eigenvalue weighted by atomic mass is 35.5. The van der Waals surface area contributed by atoms with Gasteiger partial charge in [-0.15, -0.1) is 12.4 Å². The molecule has 1 fully saturated rings. The fourth-order valence-electron chi connectivity index (χ4n) is 2.43. The fraction of sp³-hybridized carbons (Fsp3) is 0.667. The molecule has 3 N–H and O–H groups in total. The number of amides is 1. The summed E-state index contributed by atoms with van der Waals surface area (Å²) in [6.07, 6.45) is 4.74. The number of carbonyl (C=O) groups is 1. The Labute approximate surface area is 113 Å². The molecular weight excluding hydrogens is 252 g/mol. The first-order chi connectivity index (χ1) is 8.34. The molecule has 1 aromatic heterocycles. The lowest BCUT2D eigenvalue weighted by Crippen LogP contribution is -2.33. The lowest BCUT2D eigenvalue weighted by molar-refractivity contribution is 0.0933. The first-order valence-corrected chi connectivity index (χ1v) is 6.39. The van der Waals surface area contributed by atoms with E-state index in [0.717, 1.165) is 37.3 Å². The van der Waals surface area contributed by atoms with Crippen LogP contribution < -0.4 is 10.6 Å². The number of aromatic nitrogens is 2. The zero-order valence-electron chi connectivity index (χ0n) is 10.3. The monoisotopic (exact) mass is 270 g/mol. The van der Waals surface area contributed by atoms with Crippen LogP contribution in [0.2, 0.25) is 0 Å². The summed E-state index contributed by atoms with van der Waals surface area (Å²) in [6, 6.07) is 0. The van der Waals surface area contributed by atoms with Gasteiger partial charge >= 0.3 is 0 Å². The van der Waals surface area contributed by atoms with E-state index >= 15 is 0 Å². The number of halogens is 1. The number of hydrogen-bond acceptors (Lipinski definition) is 3. The molecule has 0 aromatic carbocycles. The van der Waals surface area contributed by atoms with Crippen LogP contribution in [0.25, 0.3) is 0 Å². The molecule has 5 nitrogen and oxygen atoms in total. The highest BCUT2D eigenvalue weighted by Crippen LogP contribution is 2.25. The van der Waals surface area contributed by atoms with Gasteiger partial charge in [0.05, 0.1) is 0 Å². The fourth-order valence-corrected chi connectivity index (χ4v) is 2.43. The van der Waals surface area contributed by atoms with E-state index < -0.39 is 0 Å². The van der Waals surface area contributed by atoms with Crippen molar-refractivity contribution in [3.8, 4) is 0 Å². The molecule has 1 amide bonds. The third-order valence-electron chi connectivity index (χ3n) is 3.80. The van der Waals surface area contributed by atoms with Crippen LogP contribution in [0.1, 0.15) is 41.0 Å². The highest BCUT2D eigenvalue weighted by molar-refractivity contribution is 5.94. The Morgan fingerprint density at radius 1 is 1.44 bits per heavy atom. The smallest absolute Gasteiger partial charge is 0.272 e. The number of rotatable bonds is 3. The molecule has 1 saturated carbocycles. The minimum atomic E-state index is -0.0295. The Hall–Kier alpha value is -1.07. The van der Waals surface area contributed by atoms with Gasteiger partial charge in [-0.2, -0.15) is 5.10 Å². The topological polar surface area (TPSA) is 69.8 Å². The van der Waals surface area contributed by atoms with Crippen LogP contribution in [-0.4, -0.2) is 29.2 Å². The van der Waals surface area contributed by atoms with Crippen molar-refractivity contribution in [1.82, 2.24) is 20.8 Å². The second kappa shape index (κ2) is 5.71. The lowest BCUT2D eigenvalue weighted by atomic mass is 9.85. The average molecular weight is 271 g/mol. The van der Waals surface area contributed by atoms with Crippen LogP contribution >= 0.6 is 12.4 Å². The van der Waals surface area contributed by atoms with Crippen molar-refractivity contribution in [2.45, 2.75) is 32.2 Å². The van der Waals surface area contributed by atoms with Crippen LogP contribution in [-0.2, 0) is 13.0 Å². The van der Waals surface area contributed by atoms with Crippen LogP contribution in [0.3, 0.4) is 0 Å². The van der Waals surface area contributed by atoms with E-state index in [1.54, 1.807) is 0 Å². The third-order valence-corrected chi connectivity index (χ3v) is 3.80. The normalized spacial score (nSPS) is 18.4. The maximum atomic E-state index is 12.0. The minimum Gasteiger partial charge on any atom is -0.350 e. The Morgan fingerprint density at radius 3 is 3.00 bits per heavy atom. The number of H-pyrrole nitrogens is 1. The summed E-state index contributed by atoms with van der Waals surface area (Å²) in [4.78, 5) is 12.0. The summed E-state index contributed by atoms with van der Waals surface area (Å²) in [6.45, 7) is 2.50. The van der Waals surface area contributed by atoms with Crippen LogP contribution in [0.5, 0.6) is 0 Å². The van der Waals surface area contributed by atoms with Gasteiger partial charge in [0.2, 0.25) is 0 Å². The van der Waals surface area contributed by atoms with Gasteiger partial charge in [-0.1, -0.05) is 6.42 Å². The Bertz CT molecular complexity index is 428. The van der Waals surface area contributed by atoms with E-state index in [-0.39, 0.29) is 18.3 Å². The van der Waals surface area contributed by atoms with Crippen LogP contribution in [0, 0.1) is 5.92 Å². The molecule has 100 valence electrons. The molecule has 0 saturated heterocycles. The van der Waals surface area contributed by atoms with Gasteiger partial charge in [-0.3, -0.25) is 9.89 Å². The van der Waals surface area contributed by atoms with E-state index in [2.05, 4.69) is 20.8 Å². The van der Waals surface area contributed by atoms with Gasteiger partial charge in [-0.25, -0.2) is 0 Å². The zero-order valence-corrected chi connectivity index (χ0v) is 11.1. The molecular formula is C12H19ClN4O. The Kier molecular flexibility index (Phi) is 4.24. The largest absolute Gasteiger partial charge is 0.350 e. The molecule has 0 spiro atoms. The number of fused-ring (bicyclic) bond motifs is 1. The number of carbonyl (C=O) groups excluding carboxylic acids is 1. The van der Waals surface area contributed by atoms with Crippen molar-refractivity contribution >= 4 is 18.3 Å². The second-order valence-electron chi connectivity index (χ2n) is 4.96. The molecule has 2 aliphatic rings. The molecule has 1 aliphatic carbocycles. The second-order valence-corrected chi connectivity index (χ2v) is 4.96. The van der Waals surface area contributed by atoms with Crippen molar-refractivity contribution < 1.29 is 4.79 Å². The zero-order chi connectivity index (χ0) is 11.7. The van der Waals surface area contributed by atoms with Gasteiger partial charge in [0.1, 0.15) is 0 Å². The van der Waals surface area contributed by atoms with Gasteiger partial charge in [0.25, 0.3) is 5.91 Å².